The molecule has 0 fully saturated rings. The van der Waals surface area contributed by atoms with E-state index in [1.54, 1.807) is 13.2 Å². The van der Waals surface area contributed by atoms with Gasteiger partial charge in [0.2, 0.25) is 5.95 Å². The number of aromatic nitrogens is 2. The number of fused-ring (bicyclic) bond motifs is 3. The summed E-state index contributed by atoms with van der Waals surface area (Å²) in [5, 5.41) is 3.24. The molecule has 5 heteroatoms. The monoisotopic (exact) mass is 293 g/mol. The largest absolute Gasteiger partial charge is 0.467 e. The SMILES string of the molecule is CC(=O)C1=C(C)Nc2nc3ccccc3n2[C@H]1c1ccco1. The maximum Gasteiger partial charge on any atom is 0.209 e. The van der Waals surface area contributed by atoms with Crippen LogP contribution in [0.3, 0.4) is 0 Å². The molecular formula is C17H15N3O2. The highest BCUT2D eigenvalue weighted by Gasteiger charge is 2.33. The minimum atomic E-state index is -0.295. The molecule has 2 aromatic heterocycles. The number of hydrogen-bond acceptors (Lipinski definition) is 4. The van der Waals surface area contributed by atoms with Crippen LogP contribution in [0.5, 0.6) is 0 Å². The van der Waals surface area contributed by atoms with Crippen molar-refractivity contribution in [3.8, 4) is 0 Å². The number of furan rings is 1. The van der Waals surface area contributed by atoms with Crippen molar-refractivity contribution in [2.45, 2.75) is 19.9 Å². The first-order valence-corrected chi connectivity index (χ1v) is 7.16. The third kappa shape index (κ3) is 1.72. The Hall–Kier alpha value is -2.82. The fourth-order valence-electron chi connectivity index (χ4n) is 3.14. The number of rotatable bonds is 2. The number of carbonyl (C=O) groups excluding carboxylic acids is 1. The Morgan fingerprint density at radius 1 is 1.27 bits per heavy atom. The van der Waals surface area contributed by atoms with E-state index in [0.717, 1.165) is 28.4 Å². The highest BCUT2D eigenvalue weighted by Crippen LogP contribution is 2.39. The molecule has 0 saturated carbocycles. The third-order valence-electron chi connectivity index (χ3n) is 4.02. The van der Waals surface area contributed by atoms with Crippen molar-refractivity contribution in [1.82, 2.24) is 9.55 Å². The van der Waals surface area contributed by atoms with Gasteiger partial charge in [-0.15, -0.1) is 0 Å². The van der Waals surface area contributed by atoms with E-state index >= 15 is 0 Å². The second-order valence-corrected chi connectivity index (χ2v) is 5.43. The molecule has 5 nitrogen and oxygen atoms in total. The van der Waals surface area contributed by atoms with Gasteiger partial charge in [0.25, 0.3) is 0 Å². The lowest BCUT2D eigenvalue weighted by Crippen LogP contribution is -2.26. The van der Waals surface area contributed by atoms with Crippen LogP contribution in [0.2, 0.25) is 0 Å². The van der Waals surface area contributed by atoms with Gasteiger partial charge in [0.05, 0.1) is 17.3 Å². The molecule has 1 aliphatic heterocycles. The van der Waals surface area contributed by atoms with Gasteiger partial charge in [-0.1, -0.05) is 12.1 Å². The molecule has 0 bridgehead atoms. The zero-order chi connectivity index (χ0) is 15.3. The maximum atomic E-state index is 12.2. The van der Waals surface area contributed by atoms with Gasteiger partial charge in [0.1, 0.15) is 11.8 Å². The maximum absolute atomic E-state index is 12.2. The number of carbonyl (C=O) groups is 1. The second-order valence-electron chi connectivity index (χ2n) is 5.43. The molecule has 3 aromatic rings. The Labute approximate surface area is 127 Å². The minimum Gasteiger partial charge on any atom is -0.467 e. The average Bonchev–Trinajstić information content (AvgIpc) is 3.12. The normalized spacial score (nSPS) is 17.5. The summed E-state index contributed by atoms with van der Waals surface area (Å²) < 4.78 is 7.64. The quantitative estimate of drug-likeness (QED) is 0.785. The number of imidazole rings is 1. The number of benzene rings is 1. The number of Topliss-reactive ketones (excluding diaryl/α,β-unsaturated/α-hetero) is 1. The Morgan fingerprint density at radius 2 is 2.09 bits per heavy atom. The van der Waals surface area contributed by atoms with Crippen molar-refractivity contribution >= 4 is 22.8 Å². The van der Waals surface area contributed by atoms with Crippen molar-refractivity contribution in [2.75, 3.05) is 5.32 Å². The molecule has 0 aliphatic carbocycles. The predicted molar refractivity (Wildman–Crippen MR) is 83.6 cm³/mol. The molecule has 1 atom stereocenters. The summed E-state index contributed by atoms with van der Waals surface area (Å²) in [4.78, 5) is 16.8. The van der Waals surface area contributed by atoms with Crippen LogP contribution in [0.25, 0.3) is 11.0 Å². The molecule has 0 spiro atoms. The van der Waals surface area contributed by atoms with E-state index in [4.69, 9.17) is 4.42 Å². The Balaban J connectivity index is 2.05. The van der Waals surface area contributed by atoms with E-state index in [9.17, 15) is 4.79 Å². The van der Waals surface area contributed by atoms with Crippen molar-refractivity contribution < 1.29 is 9.21 Å². The highest BCUT2D eigenvalue weighted by molar-refractivity contribution is 5.97. The van der Waals surface area contributed by atoms with Crippen LogP contribution < -0.4 is 5.32 Å². The van der Waals surface area contributed by atoms with Gasteiger partial charge in [0, 0.05) is 11.3 Å². The fraction of sp³-hybridized carbons (Fsp3) is 0.176. The van der Waals surface area contributed by atoms with Crippen molar-refractivity contribution in [3.63, 3.8) is 0 Å². The number of ketones is 1. The van der Waals surface area contributed by atoms with Gasteiger partial charge in [-0.05, 0) is 38.1 Å². The third-order valence-corrected chi connectivity index (χ3v) is 4.02. The molecule has 0 unspecified atom stereocenters. The number of allylic oxidation sites excluding steroid dienone is 2. The summed E-state index contributed by atoms with van der Waals surface area (Å²) in [5.74, 6) is 1.48. The standard InChI is InChI=1S/C17H15N3O2/c1-10-15(11(2)21)16(14-8-5-9-22-14)20-13-7-4-3-6-12(13)19-17(20)18-10/h3-9,16H,1-2H3,(H,18,19)/t16-/m0/s1. The number of nitrogens with one attached hydrogen (secondary N) is 1. The lowest BCUT2D eigenvalue weighted by molar-refractivity contribution is -0.114. The zero-order valence-corrected chi connectivity index (χ0v) is 12.3. The molecule has 1 aromatic carbocycles. The summed E-state index contributed by atoms with van der Waals surface area (Å²) in [5.41, 5.74) is 3.37. The van der Waals surface area contributed by atoms with E-state index in [0.29, 0.717) is 5.57 Å². The molecular weight excluding hydrogens is 278 g/mol. The van der Waals surface area contributed by atoms with Gasteiger partial charge >= 0.3 is 0 Å². The van der Waals surface area contributed by atoms with Gasteiger partial charge in [-0.25, -0.2) is 4.98 Å². The first-order chi connectivity index (χ1) is 10.7. The number of nitrogens with zero attached hydrogens (tertiary/aromatic N) is 2. The molecule has 0 saturated heterocycles. The molecule has 110 valence electrons. The van der Waals surface area contributed by atoms with E-state index in [1.165, 1.54) is 0 Å². The number of hydrogen-bond donors (Lipinski definition) is 1. The lowest BCUT2D eigenvalue weighted by atomic mass is 9.97. The summed E-state index contributed by atoms with van der Waals surface area (Å²) >= 11 is 0. The Morgan fingerprint density at radius 3 is 2.82 bits per heavy atom. The van der Waals surface area contributed by atoms with Gasteiger partial charge in [-0.3, -0.25) is 9.36 Å². The molecule has 22 heavy (non-hydrogen) atoms. The van der Waals surface area contributed by atoms with Crippen LogP contribution >= 0.6 is 0 Å². The number of para-hydroxylation sites is 2. The van der Waals surface area contributed by atoms with Crippen molar-refractivity contribution in [3.05, 3.63) is 59.7 Å². The summed E-state index contributed by atoms with van der Waals surface area (Å²) in [7, 11) is 0. The predicted octanol–water partition coefficient (Wildman–Crippen LogP) is 3.51. The van der Waals surface area contributed by atoms with Crippen molar-refractivity contribution in [1.29, 1.82) is 0 Å². The highest BCUT2D eigenvalue weighted by atomic mass is 16.3. The van der Waals surface area contributed by atoms with Crippen LogP contribution in [0.4, 0.5) is 5.95 Å². The first-order valence-electron chi connectivity index (χ1n) is 7.16. The molecule has 0 amide bonds. The molecule has 1 N–H and O–H groups in total. The summed E-state index contributed by atoms with van der Waals surface area (Å²) in [6, 6.07) is 11.3. The Kier molecular flexibility index (Phi) is 2.69. The van der Waals surface area contributed by atoms with Gasteiger partial charge in [-0.2, -0.15) is 0 Å². The van der Waals surface area contributed by atoms with Crippen LogP contribution in [0, 0.1) is 0 Å². The average molecular weight is 293 g/mol. The Bertz CT molecular complexity index is 903. The zero-order valence-electron chi connectivity index (χ0n) is 12.3. The van der Waals surface area contributed by atoms with E-state index < -0.39 is 0 Å². The van der Waals surface area contributed by atoms with Crippen LogP contribution in [-0.2, 0) is 4.79 Å². The smallest absolute Gasteiger partial charge is 0.209 e. The molecule has 1 aliphatic rings. The molecule has 3 heterocycles. The summed E-state index contributed by atoms with van der Waals surface area (Å²) in [6.07, 6.45) is 1.63. The lowest BCUT2D eigenvalue weighted by Gasteiger charge is -2.28. The molecule has 0 radical (unpaired) electrons. The van der Waals surface area contributed by atoms with E-state index in [1.807, 2.05) is 47.9 Å². The first kappa shape index (κ1) is 12.9. The summed E-state index contributed by atoms with van der Waals surface area (Å²) in [6.45, 7) is 3.48. The van der Waals surface area contributed by atoms with E-state index in [2.05, 4.69) is 10.3 Å². The van der Waals surface area contributed by atoms with E-state index in [-0.39, 0.29) is 11.8 Å². The minimum absolute atomic E-state index is 0.0230. The molecule has 4 rings (SSSR count). The van der Waals surface area contributed by atoms with Crippen LogP contribution in [0.1, 0.15) is 25.6 Å². The topological polar surface area (TPSA) is 60.1 Å². The van der Waals surface area contributed by atoms with Crippen molar-refractivity contribution in [2.24, 2.45) is 0 Å². The van der Waals surface area contributed by atoms with Gasteiger partial charge in [0.15, 0.2) is 5.78 Å². The second kappa shape index (κ2) is 4.59. The van der Waals surface area contributed by atoms with Crippen LogP contribution in [0.15, 0.2) is 58.3 Å². The van der Waals surface area contributed by atoms with Crippen LogP contribution in [-0.4, -0.2) is 15.3 Å². The number of anilines is 1. The fourth-order valence-corrected chi connectivity index (χ4v) is 3.14. The van der Waals surface area contributed by atoms with Gasteiger partial charge < -0.3 is 9.73 Å².